The molecule has 0 fully saturated rings. The van der Waals surface area contributed by atoms with Crippen LogP contribution >= 0.6 is 0 Å². The first-order chi connectivity index (χ1) is 8.24. The smallest absolute Gasteiger partial charge is 0.119 e. The number of nitrogens with one attached hydrogen (secondary N) is 1. The highest BCUT2D eigenvalue weighted by Crippen LogP contribution is 2.33. The largest absolute Gasteiger partial charge is 0.497 e. The third-order valence-corrected chi connectivity index (χ3v) is 3.32. The van der Waals surface area contributed by atoms with Gasteiger partial charge in [-0.05, 0) is 43.0 Å². The minimum absolute atomic E-state index is 0.0599. The molecule has 1 aliphatic carbocycles. The van der Waals surface area contributed by atoms with Crippen LogP contribution in [0, 0.1) is 17.2 Å². The lowest BCUT2D eigenvalue weighted by molar-refractivity contribution is 0.413. The highest BCUT2D eigenvalue weighted by Gasteiger charge is 2.22. The number of ether oxygens (including phenoxy) is 1. The number of hydrogen-bond donors (Lipinski definition) is 1. The Labute approximate surface area is 102 Å². The van der Waals surface area contributed by atoms with Gasteiger partial charge in [-0.3, -0.25) is 0 Å². The van der Waals surface area contributed by atoms with Crippen molar-refractivity contribution in [3.63, 3.8) is 0 Å². The average Bonchev–Trinajstić information content (AvgIpc) is 2.78. The molecule has 0 radical (unpaired) electrons. The average molecular weight is 230 g/mol. The van der Waals surface area contributed by atoms with Crippen LogP contribution in [0.15, 0.2) is 18.2 Å². The molecule has 2 atom stereocenters. The van der Waals surface area contributed by atoms with E-state index in [0.29, 0.717) is 6.04 Å². The predicted molar refractivity (Wildman–Crippen MR) is 66.8 cm³/mol. The first-order valence-electron chi connectivity index (χ1n) is 6.04. The maximum absolute atomic E-state index is 8.78. The molecule has 2 unspecified atom stereocenters. The molecule has 1 aromatic carbocycles. The zero-order valence-electron chi connectivity index (χ0n) is 10.4. The lowest BCUT2D eigenvalue weighted by Gasteiger charge is -2.15. The molecule has 3 nitrogen and oxygen atoms in total. The molecule has 17 heavy (non-hydrogen) atoms. The van der Waals surface area contributed by atoms with Gasteiger partial charge in [-0.1, -0.05) is 6.07 Å². The van der Waals surface area contributed by atoms with E-state index in [2.05, 4.69) is 23.5 Å². The number of nitriles is 1. The third kappa shape index (κ3) is 2.59. The van der Waals surface area contributed by atoms with Gasteiger partial charge < -0.3 is 10.1 Å². The second-order valence-corrected chi connectivity index (χ2v) is 4.59. The summed E-state index contributed by atoms with van der Waals surface area (Å²) < 4.78 is 5.25. The molecular weight excluding hydrogens is 212 g/mol. The lowest BCUT2D eigenvalue weighted by Crippen LogP contribution is -2.24. The Kier molecular flexibility index (Phi) is 3.65. The minimum Gasteiger partial charge on any atom is -0.497 e. The van der Waals surface area contributed by atoms with Gasteiger partial charge in [-0.15, -0.1) is 0 Å². The maximum atomic E-state index is 8.78. The van der Waals surface area contributed by atoms with Gasteiger partial charge in [0.05, 0.1) is 19.1 Å². The van der Waals surface area contributed by atoms with Crippen molar-refractivity contribution in [3.8, 4) is 11.8 Å². The zero-order chi connectivity index (χ0) is 12.3. The highest BCUT2D eigenvalue weighted by atomic mass is 16.5. The van der Waals surface area contributed by atoms with Crippen LogP contribution in [0.1, 0.15) is 30.5 Å². The summed E-state index contributed by atoms with van der Waals surface area (Å²) in [6.45, 7) is 2.69. The molecule has 2 rings (SSSR count). The van der Waals surface area contributed by atoms with E-state index in [-0.39, 0.29) is 5.92 Å². The molecule has 0 bridgehead atoms. The van der Waals surface area contributed by atoms with Crippen LogP contribution in [0.25, 0.3) is 0 Å². The van der Waals surface area contributed by atoms with E-state index < -0.39 is 0 Å². The standard InChI is InChI=1S/C14H18N2O/c1-10(8-15)9-16-14-6-4-11-3-5-12(17-2)7-13(11)14/h3,5,7,10,14,16H,4,6,9H2,1-2H3. The van der Waals surface area contributed by atoms with Gasteiger partial charge in [0.1, 0.15) is 5.75 Å². The molecule has 1 N–H and O–H groups in total. The van der Waals surface area contributed by atoms with Crippen LogP contribution < -0.4 is 10.1 Å². The molecule has 0 heterocycles. The van der Waals surface area contributed by atoms with Crippen LogP contribution in [-0.4, -0.2) is 13.7 Å². The first kappa shape index (κ1) is 11.9. The van der Waals surface area contributed by atoms with Gasteiger partial charge in [-0.25, -0.2) is 0 Å². The molecule has 0 spiro atoms. The molecule has 3 heteroatoms. The Morgan fingerprint density at radius 3 is 3.12 bits per heavy atom. The molecule has 0 saturated carbocycles. The van der Waals surface area contributed by atoms with Crippen molar-refractivity contribution < 1.29 is 4.74 Å². The Bertz CT molecular complexity index is 436. The van der Waals surface area contributed by atoms with Gasteiger partial charge in [0.25, 0.3) is 0 Å². The number of nitrogens with zero attached hydrogens (tertiary/aromatic N) is 1. The van der Waals surface area contributed by atoms with Crippen molar-refractivity contribution in [1.29, 1.82) is 5.26 Å². The topological polar surface area (TPSA) is 45.0 Å². The van der Waals surface area contributed by atoms with Gasteiger partial charge in [-0.2, -0.15) is 5.26 Å². The van der Waals surface area contributed by atoms with E-state index >= 15 is 0 Å². The summed E-state index contributed by atoms with van der Waals surface area (Å²) in [4.78, 5) is 0. The number of methoxy groups -OCH3 is 1. The van der Waals surface area contributed by atoms with Crippen LogP contribution in [0.3, 0.4) is 0 Å². The molecule has 0 aromatic heterocycles. The van der Waals surface area contributed by atoms with Crippen molar-refractivity contribution in [2.24, 2.45) is 5.92 Å². The molecule has 0 saturated heterocycles. The molecule has 90 valence electrons. The normalized spacial score (nSPS) is 19.5. The van der Waals surface area contributed by atoms with E-state index in [1.165, 1.54) is 11.1 Å². The number of benzene rings is 1. The summed E-state index contributed by atoms with van der Waals surface area (Å²) in [6, 6.07) is 8.88. The van der Waals surface area contributed by atoms with Crippen LogP contribution in [0.4, 0.5) is 0 Å². The fourth-order valence-electron chi connectivity index (χ4n) is 2.28. The minimum atomic E-state index is 0.0599. The second-order valence-electron chi connectivity index (χ2n) is 4.59. The van der Waals surface area contributed by atoms with E-state index in [4.69, 9.17) is 10.00 Å². The number of rotatable bonds is 4. The van der Waals surface area contributed by atoms with Gasteiger partial charge in [0.2, 0.25) is 0 Å². The van der Waals surface area contributed by atoms with Gasteiger partial charge in [0, 0.05) is 12.6 Å². The van der Waals surface area contributed by atoms with Gasteiger partial charge in [0.15, 0.2) is 0 Å². The first-order valence-corrected chi connectivity index (χ1v) is 6.04. The number of fused-ring (bicyclic) bond motifs is 1. The van der Waals surface area contributed by atoms with Crippen LogP contribution in [0.2, 0.25) is 0 Å². The predicted octanol–water partition coefficient (Wildman–Crippen LogP) is 2.43. The van der Waals surface area contributed by atoms with Crippen molar-refractivity contribution in [1.82, 2.24) is 5.32 Å². The molecular formula is C14H18N2O. The van der Waals surface area contributed by atoms with E-state index in [0.717, 1.165) is 25.1 Å². The lowest BCUT2D eigenvalue weighted by atomic mass is 10.1. The van der Waals surface area contributed by atoms with Crippen LogP contribution in [-0.2, 0) is 6.42 Å². The summed E-state index contributed by atoms with van der Waals surface area (Å²) in [5.41, 5.74) is 2.72. The van der Waals surface area contributed by atoms with E-state index in [9.17, 15) is 0 Å². The fraction of sp³-hybridized carbons (Fsp3) is 0.500. The summed E-state index contributed by atoms with van der Waals surface area (Å²) >= 11 is 0. The summed E-state index contributed by atoms with van der Waals surface area (Å²) in [5.74, 6) is 0.968. The highest BCUT2D eigenvalue weighted by molar-refractivity contribution is 5.40. The second kappa shape index (κ2) is 5.20. The SMILES string of the molecule is COc1ccc2c(c1)C(NCC(C)C#N)CC2. The Morgan fingerprint density at radius 1 is 1.59 bits per heavy atom. The third-order valence-electron chi connectivity index (χ3n) is 3.32. The van der Waals surface area contributed by atoms with Crippen LogP contribution in [0.5, 0.6) is 5.75 Å². The van der Waals surface area contributed by atoms with Crippen molar-refractivity contribution in [3.05, 3.63) is 29.3 Å². The number of aryl methyl sites for hydroxylation is 1. The summed E-state index contributed by atoms with van der Waals surface area (Å²) in [6.07, 6.45) is 2.22. The Morgan fingerprint density at radius 2 is 2.41 bits per heavy atom. The zero-order valence-corrected chi connectivity index (χ0v) is 10.4. The van der Waals surface area contributed by atoms with Crippen molar-refractivity contribution in [2.45, 2.75) is 25.8 Å². The van der Waals surface area contributed by atoms with Gasteiger partial charge >= 0.3 is 0 Å². The summed E-state index contributed by atoms with van der Waals surface area (Å²) in [7, 11) is 1.69. The molecule has 0 amide bonds. The molecule has 1 aromatic rings. The maximum Gasteiger partial charge on any atom is 0.119 e. The van der Waals surface area contributed by atoms with E-state index in [1.54, 1.807) is 7.11 Å². The van der Waals surface area contributed by atoms with Crippen molar-refractivity contribution >= 4 is 0 Å². The summed E-state index contributed by atoms with van der Waals surface area (Å²) in [5, 5.41) is 12.2. The molecule has 1 aliphatic rings. The monoisotopic (exact) mass is 230 g/mol. The molecule has 0 aliphatic heterocycles. The van der Waals surface area contributed by atoms with E-state index in [1.807, 2.05) is 13.0 Å². The quantitative estimate of drug-likeness (QED) is 0.864. The Hall–Kier alpha value is -1.53. The number of hydrogen-bond acceptors (Lipinski definition) is 3. The fourth-order valence-corrected chi connectivity index (χ4v) is 2.28. The Balaban J connectivity index is 2.08. The van der Waals surface area contributed by atoms with Crippen molar-refractivity contribution in [2.75, 3.05) is 13.7 Å².